The predicted molar refractivity (Wildman–Crippen MR) is 82.1 cm³/mol. The first-order valence-corrected chi connectivity index (χ1v) is 7.67. The zero-order valence-electron chi connectivity index (χ0n) is 11.2. The Balaban J connectivity index is 2.05. The molecule has 0 aliphatic heterocycles. The molecule has 6 heteroatoms. The standard InChI is InChI=1S/C15H12ClNO3S/c1-21-14-11(6-4-8-17-14)15(19)20-9-13(18)10-5-2-3-7-12(10)16/h2-8H,9H2,1H3. The molecular weight excluding hydrogens is 310 g/mol. The minimum absolute atomic E-state index is 0.336. The first-order chi connectivity index (χ1) is 10.1. The van der Waals surface area contributed by atoms with E-state index >= 15 is 0 Å². The van der Waals surface area contributed by atoms with Crippen molar-refractivity contribution in [2.45, 2.75) is 5.03 Å². The quantitative estimate of drug-likeness (QED) is 0.479. The Labute approximate surface area is 131 Å². The summed E-state index contributed by atoms with van der Waals surface area (Å²) in [5, 5.41) is 0.900. The summed E-state index contributed by atoms with van der Waals surface area (Å²) in [5.41, 5.74) is 0.681. The van der Waals surface area contributed by atoms with Gasteiger partial charge in [-0.3, -0.25) is 4.79 Å². The molecule has 0 unspecified atom stereocenters. The Morgan fingerprint density at radius 3 is 2.62 bits per heavy atom. The van der Waals surface area contributed by atoms with Crippen LogP contribution in [0.3, 0.4) is 0 Å². The summed E-state index contributed by atoms with van der Waals surface area (Å²) in [6.07, 6.45) is 3.41. The maximum Gasteiger partial charge on any atom is 0.341 e. The molecule has 108 valence electrons. The lowest BCUT2D eigenvalue weighted by Gasteiger charge is -2.07. The van der Waals surface area contributed by atoms with Crippen LogP contribution in [0.25, 0.3) is 0 Å². The minimum atomic E-state index is -0.576. The molecule has 0 saturated carbocycles. The third-order valence-electron chi connectivity index (χ3n) is 2.69. The fourth-order valence-electron chi connectivity index (χ4n) is 1.68. The van der Waals surface area contributed by atoms with Gasteiger partial charge in [0.25, 0.3) is 0 Å². The molecule has 0 spiro atoms. The molecule has 4 nitrogen and oxygen atoms in total. The maximum absolute atomic E-state index is 12.0. The van der Waals surface area contributed by atoms with Gasteiger partial charge in [-0.2, -0.15) is 0 Å². The van der Waals surface area contributed by atoms with Crippen molar-refractivity contribution in [2.24, 2.45) is 0 Å². The van der Waals surface area contributed by atoms with E-state index in [1.54, 1.807) is 42.6 Å². The van der Waals surface area contributed by atoms with Gasteiger partial charge in [-0.15, -0.1) is 11.8 Å². The van der Waals surface area contributed by atoms with Crippen LogP contribution in [0.1, 0.15) is 20.7 Å². The monoisotopic (exact) mass is 321 g/mol. The van der Waals surface area contributed by atoms with E-state index in [9.17, 15) is 9.59 Å². The van der Waals surface area contributed by atoms with Gasteiger partial charge in [0.2, 0.25) is 5.78 Å². The predicted octanol–water partition coefficient (Wildman–Crippen LogP) is 3.50. The van der Waals surface area contributed by atoms with E-state index in [2.05, 4.69) is 4.98 Å². The van der Waals surface area contributed by atoms with Crippen molar-refractivity contribution in [2.75, 3.05) is 12.9 Å². The summed E-state index contributed by atoms with van der Waals surface area (Å²) >= 11 is 7.26. The van der Waals surface area contributed by atoms with Crippen molar-refractivity contribution >= 4 is 35.1 Å². The van der Waals surface area contributed by atoms with E-state index in [1.165, 1.54) is 11.8 Å². The molecule has 0 N–H and O–H groups in total. The van der Waals surface area contributed by atoms with Gasteiger partial charge in [0.15, 0.2) is 6.61 Å². The van der Waals surface area contributed by atoms with Gasteiger partial charge < -0.3 is 4.74 Å². The van der Waals surface area contributed by atoms with Crippen molar-refractivity contribution < 1.29 is 14.3 Å². The van der Waals surface area contributed by atoms with E-state index in [-0.39, 0.29) is 12.4 Å². The van der Waals surface area contributed by atoms with E-state index in [4.69, 9.17) is 16.3 Å². The van der Waals surface area contributed by atoms with E-state index in [0.717, 1.165) is 0 Å². The number of ether oxygens (including phenoxy) is 1. The molecule has 1 heterocycles. The number of thioether (sulfide) groups is 1. The average molecular weight is 322 g/mol. The zero-order chi connectivity index (χ0) is 15.2. The van der Waals surface area contributed by atoms with Crippen molar-refractivity contribution in [3.63, 3.8) is 0 Å². The Morgan fingerprint density at radius 1 is 1.19 bits per heavy atom. The first kappa shape index (κ1) is 15.5. The van der Waals surface area contributed by atoms with Gasteiger partial charge in [-0.1, -0.05) is 23.7 Å². The van der Waals surface area contributed by atoms with Gasteiger partial charge in [-0.05, 0) is 30.5 Å². The Morgan fingerprint density at radius 2 is 1.90 bits per heavy atom. The van der Waals surface area contributed by atoms with Gasteiger partial charge in [0.1, 0.15) is 5.03 Å². The lowest BCUT2D eigenvalue weighted by molar-refractivity contribution is 0.0470. The van der Waals surface area contributed by atoms with Crippen molar-refractivity contribution in [3.05, 3.63) is 58.7 Å². The number of esters is 1. The topological polar surface area (TPSA) is 56.3 Å². The summed E-state index contributed by atoms with van der Waals surface area (Å²) in [5.74, 6) is -0.920. The molecule has 0 saturated heterocycles. The highest BCUT2D eigenvalue weighted by molar-refractivity contribution is 7.98. The van der Waals surface area contributed by atoms with E-state index < -0.39 is 5.97 Å². The fraction of sp³-hybridized carbons (Fsp3) is 0.133. The molecule has 1 aromatic heterocycles. The average Bonchev–Trinajstić information content (AvgIpc) is 2.52. The molecule has 2 rings (SSSR count). The summed E-state index contributed by atoms with van der Waals surface area (Å²) in [6, 6.07) is 9.90. The molecule has 0 amide bonds. The molecule has 21 heavy (non-hydrogen) atoms. The van der Waals surface area contributed by atoms with Crippen LogP contribution in [-0.2, 0) is 4.74 Å². The van der Waals surface area contributed by atoms with Crippen LogP contribution < -0.4 is 0 Å². The number of halogens is 1. The second-order valence-corrected chi connectivity index (χ2v) is 5.24. The van der Waals surface area contributed by atoms with Crippen LogP contribution in [0.2, 0.25) is 5.02 Å². The van der Waals surface area contributed by atoms with Crippen molar-refractivity contribution in [3.8, 4) is 0 Å². The van der Waals surface area contributed by atoms with Crippen LogP contribution in [-0.4, -0.2) is 29.6 Å². The Kier molecular flexibility index (Phi) is 5.36. The lowest BCUT2D eigenvalue weighted by atomic mass is 10.1. The number of carbonyl (C=O) groups excluding carboxylic acids is 2. The third-order valence-corrected chi connectivity index (χ3v) is 3.73. The summed E-state index contributed by atoms with van der Waals surface area (Å²) in [6.45, 7) is -0.356. The van der Waals surface area contributed by atoms with Crippen LogP contribution in [0.15, 0.2) is 47.6 Å². The minimum Gasteiger partial charge on any atom is -0.454 e. The summed E-state index contributed by atoms with van der Waals surface area (Å²) < 4.78 is 5.04. The van der Waals surface area contributed by atoms with E-state index in [1.807, 2.05) is 6.26 Å². The second kappa shape index (κ2) is 7.24. The molecular formula is C15H12ClNO3S. The highest BCUT2D eigenvalue weighted by atomic mass is 35.5. The normalized spacial score (nSPS) is 10.2. The Hall–Kier alpha value is -1.85. The number of Topliss-reactive ketones (excluding diaryl/α,β-unsaturated/α-hetero) is 1. The lowest BCUT2D eigenvalue weighted by Crippen LogP contribution is -2.15. The number of nitrogens with zero attached hydrogens (tertiary/aromatic N) is 1. The number of hydrogen-bond acceptors (Lipinski definition) is 5. The number of hydrogen-bond donors (Lipinski definition) is 0. The maximum atomic E-state index is 12.0. The largest absolute Gasteiger partial charge is 0.454 e. The highest BCUT2D eigenvalue weighted by Gasteiger charge is 2.16. The smallest absolute Gasteiger partial charge is 0.341 e. The summed E-state index contributed by atoms with van der Waals surface area (Å²) in [7, 11) is 0. The molecule has 0 atom stereocenters. The van der Waals surface area contributed by atoms with Gasteiger partial charge >= 0.3 is 5.97 Å². The zero-order valence-corrected chi connectivity index (χ0v) is 12.8. The Bertz CT molecular complexity index is 675. The number of aromatic nitrogens is 1. The van der Waals surface area contributed by atoms with Crippen LogP contribution in [0.4, 0.5) is 0 Å². The molecule has 0 bridgehead atoms. The number of carbonyl (C=O) groups is 2. The molecule has 0 fully saturated rings. The molecule has 0 aliphatic carbocycles. The van der Waals surface area contributed by atoms with Crippen molar-refractivity contribution in [1.29, 1.82) is 0 Å². The highest BCUT2D eigenvalue weighted by Crippen LogP contribution is 2.19. The first-order valence-electron chi connectivity index (χ1n) is 6.07. The molecule has 0 radical (unpaired) electrons. The molecule has 0 aliphatic rings. The summed E-state index contributed by atoms with van der Waals surface area (Å²) in [4.78, 5) is 28.0. The fourth-order valence-corrected chi connectivity index (χ4v) is 2.46. The second-order valence-electron chi connectivity index (χ2n) is 4.04. The number of rotatable bonds is 5. The van der Waals surface area contributed by atoms with Crippen LogP contribution in [0.5, 0.6) is 0 Å². The molecule has 2 aromatic rings. The van der Waals surface area contributed by atoms with Crippen LogP contribution in [0, 0.1) is 0 Å². The molecule has 1 aromatic carbocycles. The number of benzene rings is 1. The van der Waals surface area contributed by atoms with Gasteiger partial charge in [0, 0.05) is 11.8 Å². The van der Waals surface area contributed by atoms with Crippen molar-refractivity contribution in [1.82, 2.24) is 4.98 Å². The third kappa shape index (κ3) is 3.83. The van der Waals surface area contributed by atoms with Gasteiger partial charge in [-0.25, -0.2) is 9.78 Å². The van der Waals surface area contributed by atoms with Crippen LogP contribution >= 0.6 is 23.4 Å². The van der Waals surface area contributed by atoms with Gasteiger partial charge in [0.05, 0.1) is 10.6 Å². The SMILES string of the molecule is CSc1ncccc1C(=O)OCC(=O)c1ccccc1Cl. The number of ketones is 1. The number of pyridine rings is 1. The van der Waals surface area contributed by atoms with E-state index in [0.29, 0.717) is 21.2 Å².